The maximum absolute atomic E-state index is 5.83. The highest BCUT2D eigenvalue weighted by molar-refractivity contribution is 14.1. The van der Waals surface area contributed by atoms with Crippen LogP contribution in [0.25, 0.3) is 11.4 Å². The lowest BCUT2D eigenvalue weighted by molar-refractivity contribution is 0.298. The Bertz CT molecular complexity index is 612. The molecule has 6 heteroatoms. The van der Waals surface area contributed by atoms with E-state index in [1.807, 2.05) is 12.1 Å². The molecule has 0 radical (unpaired) electrons. The molecule has 1 aliphatic rings. The minimum atomic E-state index is 0.744. The standard InChI is InChI=1S/C12H9BrI2N2O/c13-7-2-3-8-9(6-7)18-5-1-4-17-11(15)10(14)16-12(8)17/h2-3,6H,1,4-5H2. The maximum atomic E-state index is 5.83. The third kappa shape index (κ3) is 2.31. The van der Waals surface area contributed by atoms with Crippen LogP contribution in [0.1, 0.15) is 6.42 Å². The SMILES string of the molecule is Brc1ccc2c(c1)OCCCn1c-2nc(I)c1I. The molecule has 94 valence electrons. The molecular weight excluding hydrogens is 522 g/mol. The zero-order valence-electron chi connectivity index (χ0n) is 9.29. The van der Waals surface area contributed by atoms with E-state index >= 15 is 0 Å². The van der Waals surface area contributed by atoms with E-state index < -0.39 is 0 Å². The molecule has 0 spiro atoms. The van der Waals surface area contributed by atoms with E-state index in [0.717, 1.165) is 44.9 Å². The van der Waals surface area contributed by atoms with Gasteiger partial charge in [-0.2, -0.15) is 0 Å². The molecule has 1 aliphatic heterocycles. The van der Waals surface area contributed by atoms with E-state index in [4.69, 9.17) is 4.74 Å². The van der Waals surface area contributed by atoms with Gasteiger partial charge in [0.05, 0.1) is 12.2 Å². The smallest absolute Gasteiger partial charge is 0.145 e. The fraction of sp³-hybridized carbons (Fsp3) is 0.250. The molecule has 0 atom stereocenters. The largest absolute Gasteiger partial charge is 0.493 e. The fourth-order valence-corrected chi connectivity index (χ4v) is 3.47. The Morgan fingerprint density at radius 3 is 3.00 bits per heavy atom. The number of aromatic nitrogens is 2. The molecule has 2 aromatic rings. The van der Waals surface area contributed by atoms with Crippen LogP contribution in [0.4, 0.5) is 0 Å². The second-order valence-corrected chi connectivity index (χ2v) is 6.97. The van der Waals surface area contributed by atoms with Gasteiger partial charge in [-0.25, -0.2) is 4.98 Å². The third-order valence-electron chi connectivity index (χ3n) is 2.84. The normalized spacial score (nSPS) is 14.2. The average molecular weight is 531 g/mol. The highest BCUT2D eigenvalue weighted by atomic mass is 127. The van der Waals surface area contributed by atoms with Gasteiger partial charge in [0.25, 0.3) is 0 Å². The van der Waals surface area contributed by atoms with Crippen molar-refractivity contribution in [2.75, 3.05) is 6.61 Å². The topological polar surface area (TPSA) is 27.1 Å². The number of fused-ring (bicyclic) bond motifs is 3. The Balaban J connectivity index is 2.25. The number of halogens is 3. The van der Waals surface area contributed by atoms with E-state index in [-0.39, 0.29) is 0 Å². The van der Waals surface area contributed by atoms with E-state index in [2.05, 4.69) is 76.7 Å². The van der Waals surface area contributed by atoms with Gasteiger partial charge in [0.15, 0.2) is 0 Å². The first-order valence-electron chi connectivity index (χ1n) is 5.51. The second-order valence-electron chi connectivity index (χ2n) is 4.01. The molecule has 0 saturated heterocycles. The van der Waals surface area contributed by atoms with Gasteiger partial charge in [0, 0.05) is 11.0 Å². The third-order valence-corrected chi connectivity index (χ3v) is 6.21. The van der Waals surface area contributed by atoms with Crippen molar-refractivity contribution in [3.63, 3.8) is 0 Å². The van der Waals surface area contributed by atoms with Crippen LogP contribution < -0.4 is 4.74 Å². The van der Waals surface area contributed by atoms with Gasteiger partial charge in [-0.1, -0.05) is 15.9 Å². The summed E-state index contributed by atoms with van der Waals surface area (Å²) in [6.45, 7) is 1.70. The molecule has 0 amide bonds. The highest BCUT2D eigenvalue weighted by Gasteiger charge is 2.20. The van der Waals surface area contributed by atoms with Crippen LogP contribution in [-0.2, 0) is 6.54 Å². The van der Waals surface area contributed by atoms with Gasteiger partial charge in [-0.3, -0.25) is 0 Å². The summed E-state index contributed by atoms with van der Waals surface area (Å²) >= 11 is 8.13. The molecule has 0 unspecified atom stereocenters. The van der Waals surface area contributed by atoms with Crippen molar-refractivity contribution in [1.29, 1.82) is 0 Å². The quantitative estimate of drug-likeness (QED) is 0.475. The average Bonchev–Trinajstić information content (AvgIpc) is 2.59. The van der Waals surface area contributed by atoms with E-state index in [1.54, 1.807) is 0 Å². The summed E-state index contributed by atoms with van der Waals surface area (Å²) in [5, 5.41) is 0. The molecule has 18 heavy (non-hydrogen) atoms. The van der Waals surface area contributed by atoms with Gasteiger partial charge in [-0.15, -0.1) is 0 Å². The predicted molar refractivity (Wildman–Crippen MR) is 90.9 cm³/mol. The molecule has 3 rings (SSSR count). The molecule has 0 aliphatic carbocycles. The van der Waals surface area contributed by atoms with Crippen molar-refractivity contribution < 1.29 is 4.74 Å². The van der Waals surface area contributed by atoms with Gasteiger partial charge in [0.1, 0.15) is 19.0 Å². The summed E-state index contributed by atoms with van der Waals surface area (Å²) in [5.41, 5.74) is 1.07. The van der Waals surface area contributed by atoms with Crippen molar-refractivity contribution in [2.45, 2.75) is 13.0 Å². The van der Waals surface area contributed by atoms with E-state index in [9.17, 15) is 0 Å². The maximum Gasteiger partial charge on any atom is 0.145 e. The van der Waals surface area contributed by atoms with Crippen LogP contribution in [0.3, 0.4) is 0 Å². The number of benzene rings is 1. The molecule has 0 fully saturated rings. The summed E-state index contributed by atoms with van der Waals surface area (Å²) in [6, 6.07) is 6.11. The Morgan fingerprint density at radius 2 is 2.17 bits per heavy atom. The molecule has 1 aromatic heterocycles. The summed E-state index contributed by atoms with van der Waals surface area (Å²) < 4.78 is 11.4. The summed E-state index contributed by atoms with van der Waals surface area (Å²) in [7, 11) is 0. The lowest BCUT2D eigenvalue weighted by atomic mass is 10.1. The summed E-state index contributed by atoms with van der Waals surface area (Å²) in [5.74, 6) is 1.91. The first kappa shape index (κ1) is 13.2. The molecule has 2 heterocycles. The monoisotopic (exact) mass is 530 g/mol. The first-order valence-corrected chi connectivity index (χ1v) is 8.46. The number of imidazole rings is 1. The van der Waals surface area contributed by atoms with Crippen LogP contribution in [-0.4, -0.2) is 16.2 Å². The van der Waals surface area contributed by atoms with Crippen molar-refractivity contribution in [3.05, 3.63) is 30.1 Å². The van der Waals surface area contributed by atoms with E-state index in [0.29, 0.717) is 0 Å². The Labute approximate surface area is 141 Å². The molecule has 0 bridgehead atoms. The number of hydrogen-bond donors (Lipinski definition) is 0. The Kier molecular flexibility index (Phi) is 3.86. The number of nitrogens with zero attached hydrogens (tertiary/aromatic N) is 2. The van der Waals surface area contributed by atoms with Crippen molar-refractivity contribution in [1.82, 2.24) is 9.55 Å². The van der Waals surface area contributed by atoms with Crippen LogP contribution in [0, 0.1) is 7.40 Å². The summed E-state index contributed by atoms with van der Waals surface area (Å²) in [6.07, 6.45) is 1.00. The predicted octanol–water partition coefficient (Wildman–Crippen LogP) is 4.30. The number of hydrogen-bond acceptors (Lipinski definition) is 2. The zero-order valence-corrected chi connectivity index (χ0v) is 15.2. The Hall–Kier alpha value is 0.170. The Morgan fingerprint density at radius 1 is 1.33 bits per heavy atom. The number of rotatable bonds is 0. The van der Waals surface area contributed by atoms with Crippen LogP contribution in [0.5, 0.6) is 5.75 Å². The summed E-state index contributed by atoms with van der Waals surface area (Å²) in [4.78, 5) is 4.67. The molecular formula is C12H9BrI2N2O. The van der Waals surface area contributed by atoms with Crippen molar-refractivity contribution >= 4 is 61.1 Å². The minimum Gasteiger partial charge on any atom is -0.493 e. The molecule has 3 nitrogen and oxygen atoms in total. The van der Waals surface area contributed by atoms with Crippen LogP contribution in [0.15, 0.2) is 22.7 Å². The molecule has 1 aromatic carbocycles. The van der Waals surface area contributed by atoms with Gasteiger partial charge in [-0.05, 0) is 69.8 Å². The van der Waals surface area contributed by atoms with Gasteiger partial charge in [0.2, 0.25) is 0 Å². The number of ether oxygens (including phenoxy) is 1. The lowest BCUT2D eigenvalue weighted by Crippen LogP contribution is -2.11. The van der Waals surface area contributed by atoms with Crippen LogP contribution in [0.2, 0.25) is 0 Å². The zero-order chi connectivity index (χ0) is 12.7. The molecule has 0 saturated carbocycles. The van der Waals surface area contributed by atoms with Gasteiger partial charge >= 0.3 is 0 Å². The van der Waals surface area contributed by atoms with Gasteiger partial charge < -0.3 is 9.30 Å². The van der Waals surface area contributed by atoms with Crippen molar-refractivity contribution in [3.8, 4) is 17.1 Å². The lowest BCUT2D eigenvalue weighted by Gasteiger charge is -2.17. The fourth-order valence-electron chi connectivity index (χ4n) is 2.02. The highest BCUT2D eigenvalue weighted by Crippen LogP contribution is 2.35. The van der Waals surface area contributed by atoms with E-state index in [1.165, 1.54) is 3.70 Å². The van der Waals surface area contributed by atoms with Crippen LogP contribution >= 0.6 is 61.1 Å². The second kappa shape index (κ2) is 5.28. The molecule has 0 N–H and O–H groups in total. The van der Waals surface area contributed by atoms with Crippen molar-refractivity contribution in [2.24, 2.45) is 0 Å². The first-order chi connectivity index (χ1) is 8.66. The minimum absolute atomic E-state index is 0.744.